The molecule has 0 bridgehead atoms. The molecule has 52 heavy (non-hydrogen) atoms. The molecule has 0 radical (unpaired) electrons. The monoisotopic (exact) mass is 747 g/mol. The SMILES string of the molecule is CCOc1cc2ncc(C(N)=O)c(Nc3cccc(CNC(=O)[C@@H]4CCCNC4)c3CC)c2cc1OCC.O=C(O)C(F)(F)F.O=C(O)C(F)(F)F. The Hall–Kier alpha value is -5.33. The molecule has 13 nitrogen and oxygen atoms in total. The van der Waals surface area contributed by atoms with E-state index < -0.39 is 30.2 Å². The van der Waals surface area contributed by atoms with E-state index in [2.05, 4.69) is 27.9 Å². The fourth-order valence-electron chi connectivity index (χ4n) is 4.93. The lowest BCUT2D eigenvalue weighted by Crippen LogP contribution is -2.40. The van der Waals surface area contributed by atoms with Crippen LogP contribution < -0.4 is 31.2 Å². The van der Waals surface area contributed by atoms with E-state index in [0.29, 0.717) is 54.4 Å². The van der Waals surface area contributed by atoms with Gasteiger partial charge in [0.05, 0.1) is 35.9 Å². The van der Waals surface area contributed by atoms with Crippen molar-refractivity contribution in [1.82, 2.24) is 15.6 Å². The number of anilines is 2. The van der Waals surface area contributed by atoms with E-state index in [-0.39, 0.29) is 17.4 Å². The van der Waals surface area contributed by atoms with Crippen LogP contribution in [0.3, 0.4) is 0 Å². The molecule has 2 aromatic carbocycles. The van der Waals surface area contributed by atoms with Crippen LogP contribution in [0.2, 0.25) is 0 Å². The molecular weight excluding hydrogens is 708 g/mol. The van der Waals surface area contributed by atoms with Gasteiger partial charge < -0.3 is 41.4 Å². The zero-order chi connectivity index (χ0) is 39.2. The normalized spacial score (nSPS) is 14.1. The maximum Gasteiger partial charge on any atom is 0.490 e. The number of benzene rings is 2. The number of primary amides is 1. The molecule has 19 heteroatoms. The van der Waals surface area contributed by atoms with Crippen LogP contribution in [-0.4, -0.2) is 77.6 Å². The summed E-state index contributed by atoms with van der Waals surface area (Å²) in [6, 6.07) is 9.57. The van der Waals surface area contributed by atoms with Gasteiger partial charge in [0.25, 0.3) is 5.91 Å². The number of carbonyl (C=O) groups is 4. The van der Waals surface area contributed by atoms with Crippen molar-refractivity contribution >= 4 is 46.0 Å². The Morgan fingerprint density at radius 2 is 1.54 bits per heavy atom. The molecule has 0 spiro atoms. The number of hydrogen-bond acceptors (Lipinski definition) is 9. The van der Waals surface area contributed by atoms with E-state index >= 15 is 0 Å². The predicted molar refractivity (Wildman–Crippen MR) is 177 cm³/mol. The van der Waals surface area contributed by atoms with Gasteiger partial charge in [-0.15, -0.1) is 0 Å². The van der Waals surface area contributed by atoms with Gasteiger partial charge >= 0.3 is 24.3 Å². The standard InChI is InChI=1S/C29H37N5O4.2C2HF3O2/c1-4-20-18(16-33-29(36)19-10-8-12-31-15-19)9-7-11-23(20)34-27-21-13-25(37-5-2)26(38-6-3)14-24(21)32-17-22(27)28(30)35;2*3-2(4,5)1(6)7/h7,9,11,13-14,17,19,31H,4-6,8,10,12,15-16H2,1-3H3,(H2,30,35)(H,32,34)(H,33,36);2*(H,6,7)/t19-;;/m1../s1. The van der Waals surface area contributed by atoms with Gasteiger partial charge in [0.15, 0.2) is 11.5 Å². The number of nitrogens with zero attached hydrogens (tertiary/aromatic N) is 1. The summed E-state index contributed by atoms with van der Waals surface area (Å²) in [6.45, 7) is 8.93. The highest BCUT2D eigenvalue weighted by Crippen LogP contribution is 2.38. The molecule has 0 aliphatic carbocycles. The Labute approximate surface area is 293 Å². The molecular formula is C33H39F6N5O8. The first kappa shape index (κ1) is 42.8. The summed E-state index contributed by atoms with van der Waals surface area (Å²) >= 11 is 0. The zero-order valence-corrected chi connectivity index (χ0v) is 28.3. The number of nitrogens with two attached hydrogens (primary N) is 1. The molecule has 2 amide bonds. The second-order valence-electron chi connectivity index (χ2n) is 10.9. The Morgan fingerprint density at radius 3 is 2.02 bits per heavy atom. The molecule has 2 heterocycles. The number of carbonyl (C=O) groups excluding carboxylic acids is 2. The van der Waals surface area contributed by atoms with Crippen LogP contribution in [0, 0.1) is 5.92 Å². The van der Waals surface area contributed by atoms with Crippen LogP contribution in [0.15, 0.2) is 36.5 Å². The van der Waals surface area contributed by atoms with Crippen molar-refractivity contribution < 1.29 is 65.2 Å². The summed E-state index contributed by atoms with van der Waals surface area (Å²) in [4.78, 5) is 47.4. The molecule has 1 aliphatic rings. The van der Waals surface area contributed by atoms with Crippen molar-refractivity contribution in [3.05, 3.63) is 53.2 Å². The fraction of sp³-hybridized carbons (Fsp3) is 0.424. The van der Waals surface area contributed by atoms with Crippen molar-refractivity contribution in [3.8, 4) is 11.5 Å². The van der Waals surface area contributed by atoms with Gasteiger partial charge in [-0.25, -0.2) is 9.59 Å². The summed E-state index contributed by atoms with van der Waals surface area (Å²) in [5, 5.41) is 24.8. The van der Waals surface area contributed by atoms with Crippen LogP contribution in [0.4, 0.5) is 37.7 Å². The minimum absolute atomic E-state index is 0.00226. The van der Waals surface area contributed by atoms with E-state index in [9.17, 15) is 35.9 Å². The lowest BCUT2D eigenvalue weighted by molar-refractivity contribution is -0.193. The average molecular weight is 748 g/mol. The first-order valence-electron chi connectivity index (χ1n) is 15.8. The molecule has 7 N–H and O–H groups in total. The third kappa shape index (κ3) is 12.5. The lowest BCUT2D eigenvalue weighted by Gasteiger charge is -2.23. The number of pyridine rings is 1. The van der Waals surface area contributed by atoms with Crippen LogP contribution in [0.25, 0.3) is 10.9 Å². The van der Waals surface area contributed by atoms with Gasteiger partial charge in [-0.1, -0.05) is 19.1 Å². The van der Waals surface area contributed by atoms with Crippen LogP contribution in [0.5, 0.6) is 11.5 Å². The van der Waals surface area contributed by atoms with E-state index in [4.69, 9.17) is 35.0 Å². The second kappa shape index (κ2) is 19.3. The van der Waals surface area contributed by atoms with Crippen molar-refractivity contribution in [2.75, 3.05) is 31.6 Å². The summed E-state index contributed by atoms with van der Waals surface area (Å²) in [6.07, 6.45) is -6.04. The van der Waals surface area contributed by atoms with Crippen molar-refractivity contribution in [2.24, 2.45) is 11.7 Å². The molecule has 1 fully saturated rings. The third-order valence-electron chi connectivity index (χ3n) is 7.29. The lowest BCUT2D eigenvalue weighted by atomic mass is 9.98. The number of halogens is 6. The Kier molecular flexibility index (Phi) is 15.9. The number of piperidine rings is 1. The van der Waals surface area contributed by atoms with Gasteiger partial charge in [-0.05, 0) is 62.9 Å². The minimum Gasteiger partial charge on any atom is -0.490 e. The molecule has 0 saturated carbocycles. The number of hydrogen-bond donors (Lipinski definition) is 6. The van der Waals surface area contributed by atoms with Crippen LogP contribution in [-0.2, 0) is 27.3 Å². The molecule has 4 rings (SSSR count). The number of rotatable bonds is 11. The number of alkyl halides is 6. The van der Waals surface area contributed by atoms with Crippen molar-refractivity contribution in [1.29, 1.82) is 0 Å². The minimum atomic E-state index is -5.08. The summed E-state index contributed by atoms with van der Waals surface area (Å²) in [5.41, 5.74) is 10.1. The molecule has 1 aliphatic heterocycles. The van der Waals surface area contributed by atoms with Crippen LogP contribution >= 0.6 is 0 Å². The maximum atomic E-state index is 12.7. The number of carboxylic acid groups (broad SMARTS) is 2. The summed E-state index contributed by atoms with van der Waals surface area (Å²) < 4.78 is 75.1. The van der Waals surface area contributed by atoms with Gasteiger partial charge in [0.2, 0.25) is 5.91 Å². The molecule has 1 aromatic heterocycles. The first-order chi connectivity index (χ1) is 24.3. The second-order valence-corrected chi connectivity index (χ2v) is 10.9. The van der Waals surface area contributed by atoms with E-state index in [1.807, 2.05) is 44.2 Å². The number of aromatic nitrogens is 1. The van der Waals surface area contributed by atoms with Gasteiger partial charge in [-0.2, -0.15) is 26.3 Å². The van der Waals surface area contributed by atoms with Gasteiger partial charge in [0.1, 0.15) is 0 Å². The van der Waals surface area contributed by atoms with E-state index in [0.717, 1.165) is 42.6 Å². The number of nitrogens with one attached hydrogen (secondary N) is 3. The highest BCUT2D eigenvalue weighted by Gasteiger charge is 2.39. The summed E-state index contributed by atoms with van der Waals surface area (Å²) in [5.74, 6) is -4.87. The largest absolute Gasteiger partial charge is 0.490 e. The summed E-state index contributed by atoms with van der Waals surface area (Å²) in [7, 11) is 0. The highest BCUT2D eigenvalue weighted by molar-refractivity contribution is 6.08. The zero-order valence-electron chi connectivity index (χ0n) is 28.3. The molecule has 1 atom stereocenters. The van der Waals surface area contributed by atoms with Crippen molar-refractivity contribution in [2.45, 2.75) is 58.9 Å². The Balaban J connectivity index is 0.000000564. The molecule has 286 valence electrons. The molecule has 1 saturated heterocycles. The predicted octanol–water partition coefficient (Wildman–Crippen LogP) is 5.32. The molecule has 0 unspecified atom stereocenters. The smallest absolute Gasteiger partial charge is 0.490 e. The maximum absolute atomic E-state index is 12.7. The molecule has 3 aromatic rings. The fourth-order valence-corrected chi connectivity index (χ4v) is 4.93. The number of aliphatic carboxylic acids is 2. The number of fused-ring (bicyclic) bond motifs is 1. The average Bonchev–Trinajstić information content (AvgIpc) is 3.08. The number of amides is 2. The quantitative estimate of drug-likeness (QED) is 0.139. The van der Waals surface area contributed by atoms with Crippen molar-refractivity contribution in [3.63, 3.8) is 0 Å². The Bertz CT molecular complexity index is 1690. The Morgan fingerprint density at radius 1 is 0.962 bits per heavy atom. The van der Waals surface area contributed by atoms with Gasteiger partial charge in [-0.3, -0.25) is 14.6 Å². The van der Waals surface area contributed by atoms with Crippen LogP contribution in [0.1, 0.15) is 55.1 Å². The van der Waals surface area contributed by atoms with E-state index in [1.165, 1.54) is 6.20 Å². The topological polar surface area (TPSA) is 202 Å². The highest BCUT2D eigenvalue weighted by atomic mass is 19.4. The van der Waals surface area contributed by atoms with E-state index in [1.54, 1.807) is 0 Å². The number of carboxylic acids is 2. The third-order valence-corrected chi connectivity index (χ3v) is 7.29. The van der Waals surface area contributed by atoms with Gasteiger partial charge in [0, 0.05) is 36.4 Å². The first-order valence-corrected chi connectivity index (χ1v) is 15.8. The number of ether oxygens (including phenoxy) is 2.